The number of thiophene rings is 1. The van der Waals surface area contributed by atoms with Gasteiger partial charge in [0.25, 0.3) is 5.91 Å². The topological polar surface area (TPSA) is 81.4 Å². The maximum Gasteiger partial charge on any atom is 0.263 e. The number of pyridine rings is 1. The molecule has 2 saturated heterocycles. The summed E-state index contributed by atoms with van der Waals surface area (Å²) in [5.41, 5.74) is 0.770. The predicted molar refractivity (Wildman–Crippen MR) is 103 cm³/mol. The molecule has 7 nitrogen and oxygen atoms in total. The molecule has 1 atom stereocenters. The highest BCUT2D eigenvalue weighted by molar-refractivity contribution is 7.12. The van der Waals surface area contributed by atoms with Crippen molar-refractivity contribution >= 4 is 17.2 Å². The molecule has 1 unspecified atom stereocenters. The van der Waals surface area contributed by atoms with Crippen LogP contribution in [0.15, 0.2) is 46.5 Å². The van der Waals surface area contributed by atoms with Gasteiger partial charge in [0.2, 0.25) is 11.8 Å². The van der Waals surface area contributed by atoms with E-state index in [1.807, 2.05) is 34.5 Å². The summed E-state index contributed by atoms with van der Waals surface area (Å²) in [7, 11) is 0. The third-order valence-corrected chi connectivity index (χ3v) is 6.68. The van der Waals surface area contributed by atoms with Gasteiger partial charge < -0.3 is 14.1 Å². The number of carbonyl (C=O) groups excluding carboxylic acids is 1. The van der Waals surface area contributed by atoms with E-state index < -0.39 is 0 Å². The van der Waals surface area contributed by atoms with Crippen LogP contribution in [-0.2, 0) is 4.74 Å². The van der Waals surface area contributed by atoms with E-state index in [1.165, 1.54) is 11.3 Å². The van der Waals surface area contributed by atoms with Crippen LogP contribution in [0.1, 0.15) is 34.3 Å². The molecule has 5 rings (SSSR count). The van der Waals surface area contributed by atoms with E-state index in [0.717, 1.165) is 23.3 Å². The van der Waals surface area contributed by atoms with Crippen LogP contribution in [0.25, 0.3) is 11.5 Å². The molecule has 144 valence electrons. The maximum absolute atomic E-state index is 13.0. The van der Waals surface area contributed by atoms with Gasteiger partial charge >= 0.3 is 0 Å². The molecule has 3 aromatic heterocycles. The van der Waals surface area contributed by atoms with Crippen molar-refractivity contribution in [1.82, 2.24) is 20.1 Å². The van der Waals surface area contributed by atoms with E-state index in [4.69, 9.17) is 9.15 Å². The number of hydrogen-bond acceptors (Lipinski definition) is 7. The number of likely N-dealkylation sites (tertiary alicyclic amines) is 1. The van der Waals surface area contributed by atoms with Crippen LogP contribution in [0, 0.1) is 5.41 Å². The molecule has 0 bridgehead atoms. The normalized spacial score (nSPS) is 21.3. The minimum absolute atomic E-state index is 0.0170. The first-order valence-electron chi connectivity index (χ1n) is 9.39. The average molecular weight is 396 g/mol. The highest BCUT2D eigenvalue weighted by atomic mass is 32.1. The molecule has 2 aliphatic rings. The fraction of sp³-hybridized carbons (Fsp3) is 0.400. The van der Waals surface area contributed by atoms with Gasteiger partial charge in [-0.2, -0.15) is 0 Å². The van der Waals surface area contributed by atoms with Gasteiger partial charge in [-0.25, -0.2) is 0 Å². The van der Waals surface area contributed by atoms with Crippen LogP contribution < -0.4 is 0 Å². The Kier molecular flexibility index (Phi) is 4.44. The number of ether oxygens (including phenoxy) is 1. The first kappa shape index (κ1) is 17.5. The minimum atomic E-state index is -0.0762. The van der Waals surface area contributed by atoms with Crippen molar-refractivity contribution < 1.29 is 13.9 Å². The molecule has 3 aromatic rings. The molecule has 8 heteroatoms. The van der Waals surface area contributed by atoms with Crippen LogP contribution in [0.2, 0.25) is 0 Å². The van der Waals surface area contributed by atoms with Crippen LogP contribution in [0.5, 0.6) is 0 Å². The Balaban J connectivity index is 1.46. The van der Waals surface area contributed by atoms with Crippen LogP contribution in [0.4, 0.5) is 0 Å². The Labute approximate surface area is 166 Å². The lowest BCUT2D eigenvalue weighted by molar-refractivity contribution is 0.00910. The SMILES string of the molecule is O=C(c1cccs1)N1CC(c2nnc(-c3ccncc3)o2)C2(CCOCC2)C1. The number of aromatic nitrogens is 3. The zero-order chi connectivity index (χ0) is 19.0. The summed E-state index contributed by atoms with van der Waals surface area (Å²) >= 11 is 1.48. The predicted octanol–water partition coefficient (Wildman–Crippen LogP) is 3.23. The average Bonchev–Trinajstić information content (AvgIpc) is 3.49. The summed E-state index contributed by atoms with van der Waals surface area (Å²) in [5.74, 6) is 1.19. The maximum atomic E-state index is 13.0. The lowest BCUT2D eigenvalue weighted by Gasteiger charge is -2.36. The standard InChI is InChI=1S/C20H20N4O3S/c25-19(16-2-1-11-28-16)24-12-15(20(13-24)5-9-26-10-6-20)18-23-22-17(27-18)14-3-7-21-8-4-14/h1-4,7-8,11,15H,5-6,9-10,12-13H2. The number of amides is 1. The second-order valence-corrected chi connectivity index (χ2v) is 8.32. The highest BCUT2D eigenvalue weighted by Crippen LogP contribution is 2.49. The van der Waals surface area contributed by atoms with Gasteiger partial charge in [-0.3, -0.25) is 9.78 Å². The molecule has 5 heterocycles. The fourth-order valence-corrected chi connectivity index (χ4v) is 4.98. The molecular weight excluding hydrogens is 376 g/mol. The van der Waals surface area contributed by atoms with Gasteiger partial charge in [0.15, 0.2) is 0 Å². The van der Waals surface area contributed by atoms with Crippen LogP contribution >= 0.6 is 11.3 Å². The fourth-order valence-electron chi connectivity index (χ4n) is 4.29. The molecule has 2 fully saturated rings. The van der Waals surface area contributed by atoms with E-state index in [1.54, 1.807) is 12.4 Å². The summed E-state index contributed by atoms with van der Waals surface area (Å²) in [6.45, 7) is 2.69. The Morgan fingerprint density at radius 2 is 2.00 bits per heavy atom. The van der Waals surface area contributed by atoms with Gasteiger partial charge in [-0.1, -0.05) is 6.07 Å². The lowest BCUT2D eigenvalue weighted by atomic mass is 9.72. The molecule has 0 radical (unpaired) electrons. The van der Waals surface area contributed by atoms with Gasteiger partial charge in [-0.05, 0) is 36.4 Å². The molecule has 0 N–H and O–H groups in total. The van der Waals surface area contributed by atoms with Crippen molar-refractivity contribution in [3.05, 3.63) is 52.8 Å². The van der Waals surface area contributed by atoms with E-state index in [-0.39, 0.29) is 17.2 Å². The molecule has 28 heavy (non-hydrogen) atoms. The van der Waals surface area contributed by atoms with Crippen molar-refractivity contribution in [1.29, 1.82) is 0 Å². The summed E-state index contributed by atoms with van der Waals surface area (Å²) in [6, 6.07) is 7.49. The second kappa shape index (κ2) is 7.10. The molecule has 0 saturated carbocycles. The van der Waals surface area contributed by atoms with Gasteiger partial charge in [-0.15, -0.1) is 21.5 Å². The van der Waals surface area contributed by atoms with Crippen molar-refractivity contribution in [3.63, 3.8) is 0 Å². The molecule has 1 amide bonds. The summed E-state index contributed by atoms with van der Waals surface area (Å²) in [6.07, 6.45) is 5.18. The quantitative estimate of drug-likeness (QED) is 0.676. The summed E-state index contributed by atoms with van der Waals surface area (Å²) < 4.78 is 11.7. The third-order valence-electron chi connectivity index (χ3n) is 5.82. The minimum Gasteiger partial charge on any atom is -0.420 e. The molecule has 0 aromatic carbocycles. The van der Waals surface area contributed by atoms with Crippen molar-refractivity contribution in [2.24, 2.45) is 5.41 Å². The first-order chi connectivity index (χ1) is 13.8. The molecular formula is C20H20N4O3S. The second-order valence-electron chi connectivity index (χ2n) is 7.37. The lowest BCUT2D eigenvalue weighted by Crippen LogP contribution is -2.37. The number of hydrogen-bond donors (Lipinski definition) is 0. The van der Waals surface area contributed by atoms with Crippen molar-refractivity contribution in [3.8, 4) is 11.5 Å². The Morgan fingerprint density at radius 3 is 2.75 bits per heavy atom. The first-order valence-corrected chi connectivity index (χ1v) is 10.3. The molecule has 0 aliphatic carbocycles. The third kappa shape index (κ3) is 3.02. The van der Waals surface area contributed by atoms with Gasteiger partial charge in [0.05, 0.1) is 10.8 Å². The number of nitrogens with zero attached hydrogens (tertiary/aromatic N) is 4. The smallest absolute Gasteiger partial charge is 0.263 e. The summed E-state index contributed by atoms with van der Waals surface area (Å²) in [5, 5.41) is 10.6. The van der Waals surface area contributed by atoms with Gasteiger partial charge in [0.1, 0.15) is 0 Å². The van der Waals surface area contributed by atoms with E-state index in [9.17, 15) is 4.79 Å². The Morgan fingerprint density at radius 1 is 1.18 bits per heavy atom. The molecule has 2 aliphatic heterocycles. The number of rotatable bonds is 3. The molecule has 1 spiro atoms. The largest absolute Gasteiger partial charge is 0.420 e. The van der Waals surface area contributed by atoms with Crippen molar-refractivity contribution in [2.75, 3.05) is 26.3 Å². The monoisotopic (exact) mass is 396 g/mol. The van der Waals surface area contributed by atoms with E-state index >= 15 is 0 Å². The highest BCUT2D eigenvalue weighted by Gasteiger charge is 2.51. The summed E-state index contributed by atoms with van der Waals surface area (Å²) in [4.78, 5) is 19.7. The number of carbonyl (C=O) groups is 1. The van der Waals surface area contributed by atoms with Crippen LogP contribution in [0.3, 0.4) is 0 Å². The van der Waals surface area contributed by atoms with Crippen LogP contribution in [-0.4, -0.2) is 52.3 Å². The van der Waals surface area contributed by atoms with Gasteiger partial charge in [0, 0.05) is 49.7 Å². The van der Waals surface area contributed by atoms with E-state index in [0.29, 0.717) is 38.1 Å². The van der Waals surface area contributed by atoms with Crippen molar-refractivity contribution in [2.45, 2.75) is 18.8 Å². The Bertz CT molecular complexity index is 951. The van der Waals surface area contributed by atoms with E-state index in [2.05, 4.69) is 15.2 Å². The Hall–Kier alpha value is -2.58. The zero-order valence-electron chi connectivity index (χ0n) is 15.3. The zero-order valence-corrected chi connectivity index (χ0v) is 16.1.